The Labute approximate surface area is 211 Å². The number of aromatic amines is 1. The van der Waals surface area contributed by atoms with Crippen LogP contribution in [0.25, 0.3) is 22.8 Å². The molecule has 0 spiro atoms. The molecular formula is C25H24ClN5O5. The molecule has 0 bridgehead atoms. The fourth-order valence-corrected chi connectivity index (χ4v) is 3.85. The zero-order valence-electron chi connectivity index (χ0n) is 19.7. The van der Waals surface area contributed by atoms with E-state index in [1.54, 1.807) is 36.9 Å². The van der Waals surface area contributed by atoms with Gasteiger partial charge in [0, 0.05) is 43.5 Å². The van der Waals surface area contributed by atoms with Gasteiger partial charge in [-0.1, -0.05) is 11.6 Å². The van der Waals surface area contributed by atoms with Crippen LogP contribution in [0.4, 0.5) is 0 Å². The summed E-state index contributed by atoms with van der Waals surface area (Å²) in [4.78, 5) is 21.7. The van der Waals surface area contributed by atoms with E-state index < -0.39 is 6.10 Å². The first-order valence-electron chi connectivity index (χ1n) is 11.4. The lowest BCUT2D eigenvalue weighted by Crippen LogP contribution is -2.42. The normalized spacial score (nSPS) is 13.8. The quantitative estimate of drug-likeness (QED) is 0.356. The molecule has 1 aliphatic rings. The standard InChI is InChI=1S/C25H24ClN5O5/c1-14(13-32)34-18-8-16(21-4-5-22(28-21)24-30-29-15(2)35-24)9-19(11-18)36-23-20(26)10-17(12-27-23)25(33)31-6-3-7-31/h4-5,8-12,14,28,32H,3,6-7,13H2,1-2H3/t14-/m0/s1. The van der Waals surface area contributed by atoms with E-state index >= 15 is 0 Å². The minimum absolute atomic E-state index is 0.100. The van der Waals surface area contributed by atoms with Crippen molar-refractivity contribution in [1.82, 2.24) is 25.1 Å². The van der Waals surface area contributed by atoms with Gasteiger partial charge >= 0.3 is 0 Å². The summed E-state index contributed by atoms with van der Waals surface area (Å²) in [6.45, 7) is 4.81. The van der Waals surface area contributed by atoms with Crippen molar-refractivity contribution in [2.24, 2.45) is 0 Å². The first kappa shape index (κ1) is 23.8. The molecule has 10 nitrogen and oxygen atoms in total. The highest BCUT2D eigenvalue weighted by Gasteiger charge is 2.23. The number of aliphatic hydroxyl groups is 1. The van der Waals surface area contributed by atoms with Crippen LogP contribution in [0.15, 0.2) is 47.0 Å². The van der Waals surface area contributed by atoms with Crippen molar-refractivity contribution in [1.29, 1.82) is 0 Å². The Balaban J connectivity index is 1.44. The number of nitrogens with zero attached hydrogens (tertiary/aromatic N) is 4. The zero-order chi connectivity index (χ0) is 25.2. The molecule has 1 aromatic carbocycles. The van der Waals surface area contributed by atoms with Gasteiger partial charge in [-0.15, -0.1) is 10.2 Å². The number of aliphatic hydroxyl groups excluding tert-OH is 1. The highest BCUT2D eigenvalue weighted by atomic mass is 35.5. The molecular weight excluding hydrogens is 486 g/mol. The van der Waals surface area contributed by atoms with Gasteiger partial charge in [-0.2, -0.15) is 0 Å². The summed E-state index contributed by atoms with van der Waals surface area (Å²) < 4.78 is 17.3. The van der Waals surface area contributed by atoms with Crippen LogP contribution in [0.2, 0.25) is 5.02 Å². The van der Waals surface area contributed by atoms with E-state index in [-0.39, 0.29) is 23.4 Å². The monoisotopic (exact) mass is 509 g/mol. The fourth-order valence-electron chi connectivity index (χ4n) is 3.65. The van der Waals surface area contributed by atoms with Crippen molar-refractivity contribution < 1.29 is 23.8 Å². The molecule has 1 amide bonds. The molecule has 5 rings (SSSR count). The molecule has 0 saturated carbocycles. The van der Waals surface area contributed by atoms with Gasteiger partial charge in [0.1, 0.15) is 28.3 Å². The number of likely N-dealkylation sites (tertiary alicyclic amines) is 1. The number of halogens is 1. The van der Waals surface area contributed by atoms with E-state index in [1.807, 2.05) is 18.2 Å². The van der Waals surface area contributed by atoms with Gasteiger partial charge in [-0.05, 0) is 43.7 Å². The molecule has 186 valence electrons. The van der Waals surface area contributed by atoms with Crippen LogP contribution in [0.1, 0.15) is 29.6 Å². The Morgan fingerprint density at radius 3 is 2.64 bits per heavy atom. The maximum Gasteiger partial charge on any atom is 0.264 e. The number of H-pyrrole nitrogens is 1. The number of aryl methyl sites for hydroxylation is 1. The third kappa shape index (κ3) is 5.05. The van der Waals surface area contributed by atoms with E-state index in [4.69, 9.17) is 25.5 Å². The number of amides is 1. The third-order valence-electron chi connectivity index (χ3n) is 5.64. The molecule has 2 N–H and O–H groups in total. The molecule has 0 radical (unpaired) electrons. The summed E-state index contributed by atoms with van der Waals surface area (Å²) in [5.41, 5.74) is 2.57. The van der Waals surface area contributed by atoms with Crippen LogP contribution in [0.3, 0.4) is 0 Å². The molecule has 0 aliphatic carbocycles. The van der Waals surface area contributed by atoms with E-state index in [2.05, 4.69) is 20.2 Å². The number of hydrogen-bond donors (Lipinski definition) is 2. The van der Waals surface area contributed by atoms with Crippen LogP contribution in [0.5, 0.6) is 17.4 Å². The predicted molar refractivity (Wildman–Crippen MR) is 131 cm³/mol. The van der Waals surface area contributed by atoms with Crippen LogP contribution in [-0.4, -0.2) is 61.9 Å². The van der Waals surface area contributed by atoms with Crippen molar-refractivity contribution in [2.45, 2.75) is 26.4 Å². The number of ether oxygens (including phenoxy) is 2. The van der Waals surface area contributed by atoms with Crippen LogP contribution >= 0.6 is 11.6 Å². The molecule has 1 fully saturated rings. The van der Waals surface area contributed by atoms with Gasteiger partial charge < -0.3 is 28.9 Å². The Morgan fingerprint density at radius 2 is 1.97 bits per heavy atom. The Bertz CT molecular complexity index is 1400. The van der Waals surface area contributed by atoms with Crippen LogP contribution in [-0.2, 0) is 0 Å². The second-order valence-electron chi connectivity index (χ2n) is 8.47. The van der Waals surface area contributed by atoms with Gasteiger partial charge in [-0.25, -0.2) is 4.98 Å². The number of carbonyl (C=O) groups excluding carboxylic acids is 1. The van der Waals surface area contributed by atoms with Crippen molar-refractivity contribution in [3.8, 4) is 40.2 Å². The number of aromatic nitrogens is 4. The minimum atomic E-state index is -0.429. The van der Waals surface area contributed by atoms with Gasteiger partial charge in [0.25, 0.3) is 11.8 Å². The summed E-state index contributed by atoms with van der Waals surface area (Å²) in [6.07, 6.45) is 2.03. The Morgan fingerprint density at radius 1 is 1.19 bits per heavy atom. The number of hydrogen-bond acceptors (Lipinski definition) is 8. The number of carbonyl (C=O) groups is 1. The number of benzene rings is 1. The molecule has 1 atom stereocenters. The largest absolute Gasteiger partial charge is 0.488 e. The molecule has 3 aromatic heterocycles. The van der Waals surface area contributed by atoms with Crippen molar-refractivity contribution in [3.05, 3.63) is 59.1 Å². The maximum absolute atomic E-state index is 12.5. The second kappa shape index (κ2) is 10.00. The highest BCUT2D eigenvalue weighted by molar-refractivity contribution is 6.32. The lowest BCUT2D eigenvalue weighted by Gasteiger charge is -2.30. The van der Waals surface area contributed by atoms with Gasteiger partial charge in [0.05, 0.1) is 12.2 Å². The molecule has 4 heterocycles. The van der Waals surface area contributed by atoms with E-state index in [0.29, 0.717) is 34.5 Å². The fraction of sp³-hybridized carbons (Fsp3) is 0.280. The lowest BCUT2D eigenvalue weighted by molar-refractivity contribution is 0.0651. The van der Waals surface area contributed by atoms with Gasteiger partial charge in [0.2, 0.25) is 11.8 Å². The number of nitrogens with one attached hydrogen (secondary N) is 1. The molecule has 1 saturated heterocycles. The van der Waals surface area contributed by atoms with Crippen LogP contribution in [0, 0.1) is 6.92 Å². The smallest absolute Gasteiger partial charge is 0.264 e. The Hall–Kier alpha value is -3.89. The molecule has 4 aromatic rings. The maximum atomic E-state index is 12.5. The van der Waals surface area contributed by atoms with E-state index in [0.717, 1.165) is 30.8 Å². The Kier molecular flexibility index (Phi) is 6.62. The van der Waals surface area contributed by atoms with Gasteiger partial charge in [0.15, 0.2) is 0 Å². The molecule has 36 heavy (non-hydrogen) atoms. The highest BCUT2D eigenvalue weighted by Crippen LogP contribution is 2.35. The molecule has 0 unspecified atom stereocenters. The summed E-state index contributed by atoms with van der Waals surface area (Å²) >= 11 is 6.41. The summed E-state index contributed by atoms with van der Waals surface area (Å²) in [7, 11) is 0. The van der Waals surface area contributed by atoms with Gasteiger partial charge in [-0.3, -0.25) is 4.79 Å². The third-order valence-corrected chi connectivity index (χ3v) is 5.91. The SMILES string of the molecule is Cc1nnc(-c2ccc(-c3cc(Oc4ncc(C(=O)N5CCC5)cc4Cl)cc(O[C@@H](C)CO)c3)[nH]2)o1. The second-order valence-corrected chi connectivity index (χ2v) is 8.88. The summed E-state index contributed by atoms with van der Waals surface area (Å²) in [6, 6.07) is 10.6. The zero-order valence-corrected chi connectivity index (χ0v) is 20.5. The molecule has 11 heteroatoms. The van der Waals surface area contributed by atoms with E-state index in [9.17, 15) is 9.90 Å². The minimum Gasteiger partial charge on any atom is -0.488 e. The van der Waals surface area contributed by atoms with Crippen LogP contribution < -0.4 is 9.47 Å². The topological polar surface area (TPSA) is 127 Å². The van der Waals surface area contributed by atoms with Crippen molar-refractivity contribution >= 4 is 17.5 Å². The van der Waals surface area contributed by atoms with Crippen molar-refractivity contribution in [3.63, 3.8) is 0 Å². The lowest BCUT2D eigenvalue weighted by atomic mass is 10.1. The van der Waals surface area contributed by atoms with E-state index in [1.165, 1.54) is 6.20 Å². The van der Waals surface area contributed by atoms with Crippen molar-refractivity contribution in [2.75, 3.05) is 19.7 Å². The average molecular weight is 510 g/mol. The number of pyridine rings is 1. The number of rotatable bonds is 8. The first-order valence-corrected chi connectivity index (χ1v) is 11.8. The summed E-state index contributed by atoms with van der Waals surface area (Å²) in [5.74, 6) is 1.79. The molecule has 1 aliphatic heterocycles. The average Bonchev–Trinajstić information content (AvgIpc) is 3.48. The first-order chi connectivity index (χ1) is 17.4. The predicted octanol–water partition coefficient (Wildman–Crippen LogP) is 4.49. The summed E-state index contributed by atoms with van der Waals surface area (Å²) in [5, 5.41) is 17.6.